The van der Waals surface area contributed by atoms with Gasteiger partial charge in [0.15, 0.2) is 0 Å². The number of pyridine rings is 1. The zero-order chi connectivity index (χ0) is 15.7. The van der Waals surface area contributed by atoms with E-state index in [1.54, 1.807) is 6.26 Å². The van der Waals surface area contributed by atoms with Crippen molar-refractivity contribution >= 4 is 53.2 Å². The van der Waals surface area contributed by atoms with Gasteiger partial charge in [-0.25, -0.2) is 0 Å². The van der Waals surface area contributed by atoms with Crippen molar-refractivity contribution in [1.82, 2.24) is 4.98 Å². The Morgan fingerprint density at radius 3 is 2.38 bits per heavy atom. The summed E-state index contributed by atoms with van der Waals surface area (Å²) in [6, 6.07) is 19.2. The van der Waals surface area contributed by atoms with Gasteiger partial charge in [0.2, 0.25) is 0 Å². The van der Waals surface area contributed by atoms with Crippen molar-refractivity contribution < 1.29 is 4.42 Å². The van der Waals surface area contributed by atoms with Crippen LogP contribution in [-0.2, 0) is 0 Å². The van der Waals surface area contributed by atoms with E-state index in [9.17, 15) is 0 Å². The maximum atomic E-state index is 5.56. The van der Waals surface area contributed by atoms with Crippen LogP contribution in [0.4, 0.5) is 0 Å². The van der Waals surface area contributed by atoms with Crippen molar-refractivity contribution in [2.45, 2.75) is 0 Å². The lowest BCUT2D eigenvalue weighted by molar-refractivity contribution is 0.582. The molecule has 0 spiro atoms. The minimum Gasteiger partial charge on any atom is -0.464 e. The standard InChI is InChI=1S/C21H11NOS/c1-4-13-15-10-12(16-6-3-9-23-16)11-22-21(15)14-5-2-8-18-20(14)19(13)17(7-1)24-18/h1-11H. The van der Waals surface area contributed by atoms with Crippen LogP contribution < -0.4 is 0 Å². The first-order chi connectivity index (χ1) is 11.9. The fourth-order valence-electron chi connectivity index (χ4n) is 3.75. The van der Waals surface area contributed by atoms with Crippen LogP contribution in [-0.4, -0.2) is 4.98 Å². The molecule has 0 unspecified atom stereocenters. The lowest BCUT2D eigenvalue weighted by Gasteiger charge is -2.09. The molecule has 0 aliphatic rings. The van der Waals surface area contributed by atoms with Crippen LogP contribution >= 0.6 is 11.3 Å². The number of thiophene rings is 1. The highest BCUT2D eigenvalue weighted by Crippen LogP contribution is 2.44. The van der Waals surface area contributed by atoms with Crippen molar-refractivity contribution in [2.75, 3.05) is 0 Å². The molecule has 0 amide bonds. The SMILES string of the molecule is c1coc(-c2cnc3c(c2)c2cccc4sc5cccc3c5c42)c1. The lowest BCUT2D eigenvalue weighted by atomic mass is 9.96. The van der Waals surface area contributed by atoms with Gasteiger partial charge in [0.05, 0.1) is 11.8 Å². The first-order valence-corrected chi connectivity index (χ1v) is 8.71. The molecular weight excluding hydrogens is 314 g/mol. The van der Waals surface area contributed by atoms with E-state index >= 15 is 0 Å². The quantitative estimate of drug-likeness (QED) is 0.324. The van der Waals surface area contributed by atoms with Gasteiger partial charge in [-0.1, -0.05) is 24.3 Å². The molecule has 0 radical (unpaired) electrons. The van der Waals surface area contributed by atoms with E-state index in [4.69, 9.17) is 9.40 Å². The molecule has 3 aromatic heterocycles. The Morgan fingerprint density at radius 1 is 0.792 bits per heavy atom. The summed E-state index contributed by atoms with van der Waals surface area (Å²) in [5.41, 5.74) is 2.08. The van der Waals surface area contributed by atoms with Gasteiger partial charge < -0.3 is 4.42 Å². The molecule has 0 saturated heterocycles. The smallest absolute Gasteiger partial charge is 0.135 e. The molecule has 0 aliphatic heterocycles. The van der Waals surface area contributed by atoms with Crippen LogP contribution in [0.15, 0.2) is 71.5 Å². The van der Waals surface area contributed by atoms with Crippen molar-refractivity contribution in [3.8, 4) is 11.3 Å². The number of aromatic nitrogens is 1. The highest BCUT2D eigenvalue weighted by molar-refractivity contribution is 7.26. The number of rotatable bonds is 1. The lowest BCUT2D eigenvalue weighted by Crippen LogP contribution is -1.86. The Morgan fingerprint density at radius 2 is 1.58 bits per heavy atom. The number of hydrogen-bond donors (Lipinski definition) is 0. The topological polar surface area (TPSA) is 26.0 Å². The van der Waals surface area contributed by atoms with Gasteiger partial charge in [-0.2, -0.15) is 0 Å². The van der Waals surface area contributed by atoms with Gasteiger partial charge in [-0.15, -0.1) is 11.3 Å². The zero-order valence-electron chi connectivity index (χ0n) is 12.6. The summed E-state index contributed by atoms with van der Waals surface area (Å²) >= 11 is 1.86. The van der Waals surface area contributed by atoms with Gasteiger partial charge in [0.1, 0.15) is 5.76 Å². The molecule has 0 saturated carbocycles. The summed E-state index contributed by atoms with van der Waals surface area (Å²) in [6.07, 6.45) is 3.61. The first kappa shape index (κ1) is 12.5. The fourth-order valence-corrected chi connectivity index (χ4v) is 4.91. The predicted molar refractivity (Wildman–Crippen MR) is 101 cm³/mol. The molecule has 6 aromatic rings. The van der Waals surface area contributed by atoms with Gasteiger partial charge in [0, 0.05) is 42.7 Å². The van der Waals surface area contributed by atoms with Gasteiger partial charge in [-0.05, 0) is 35.7 Å². The third-order valence-corrected chi connectivity index (χ3v) is 5.88. The number of benzene rings is 3. The molecule has 0 atom stereocenters. The summed E-state index contributed by atoms with van der Waals surface area (Å²) in [7, 11) is 0. The Labute approximate surface area is 141 Å². The van der Waals surface area contributed by atoms with Crippen LogP contribution in [0.1, 0.15) is 0 Å². The monoisotopic (exact) mass is 325 g/mol. The number of hydrogen-bond acceptors (Lipinski definition) is 3. The maximum absolute atomic E-state index is 5.56. The molecule has 24 heavy (non-hydrogen) atoms. The van der Waals surface area contributed by atoms with E-state index < -0.39 is 0 Å². The van der Waals surface area contributed by atoms with Crippen molar-refractivity contribution in [1.29, 1.82) is 0 Å². The molecule has 0 aliphatic carbocycles. The zero-order valence-corrected chi connectivity index (χ0v) is 13.4. The van der Waals surface area contributed by atoms with E-state index in [1.165, 1.54) is 36.3 Å². The summed E-state index contributed by atoms with van der Waals surface area (Å²) < 4.78 is 8.23. The van der Waals surface area contributed by atoms with Crippen molar-refractivity contribution in [3.63, 3.8) is 0 Å². The van der Waals surface area contributed by atoms with Crippen LogP contribution in [0.2, 0.25) is 0 Å². The third kappa shape index (κ3) is 1.47. The van der Waals surface area contributed by atoms with Crippen LogP contribution in [0.3, 0.4) is 0 Å². The highest BCUT2D eigenvalue weighted by Gasteiger charge is 2.16. The first-order valence-electron chi connectivity index (χ1n) is 7.89. The second kappa shape index (κ2) is 4.34. The molecule has 0 bridgehead atoms. The summed E-state index contributed by atoms with van der Waals surface area (Å²) in [5, 5.41) is 6.40. The second-order valence-electron chi connectivity index (χ2n) is 6.06. The molecule has 0 N–H and O–H groups in total. The molecular formula is C21H11NOS. The molecule has 0 fully saturated rings. The summed E-state index contributed by atoms with van der Waals surface area (Å²) in [6.45, 7) is 0. The van der Waals surface area contributed by atoms with Crippen molar-refractivity contribution in [3.05, 3.63) is 67.1 Å². The molecule has 3 heteroatoms. The van der Waals surface area contributed by atoms with E-state index in [1.807, 2.05) is 29.7 Å². The Balaban J connectivity index is 1.90. The minimum atomic E-state index is 0.854. The van der Waals surface area contributed by atoms with Gasteiger partial charge >= 0.3 is 0 Å². The Kier molecular flexibility index (Phi) is 2.26. The van der Waals surface area contributed by atoms with E-state index in [0.717, 1.165) is 16.8 Å². The summed E-state index contributed by atoms with van der Waals surface area (Å²) in [5.74, 6) is 0.854. The number of fused-ring (bicyclic) bond motifs is 3. The minimum absolute atomic E-state index is 0.854. The maximum Gasteiger partial charge on any atom is 0.135 e. The second-order valence-corrected chi connectivity index (χ2v) is 7.14. The van der Waals surface area contributed by atoms with E-state index in [2.05, 4.69) is 42.5 Å². The molecule has 3 aromatic carbocycles. The number of nitrogens with zero attached hydrogens (tertiary/aromatic N) is 1. The van der Waals surface area contributed by atoms with Crippen LogP contribution in [0.25, 0.3) is 53.2 Å². The van der Waals surface area contributed by atoms with Crippen LogP contribution in [0.5, 0.6) is 0 Å². The molecule has 2 nitrogen and oxygen atoms in total. The Hall–Kier alpha value is -2.91. The van der Waals surface area contributed by atoms with Gasteiger partial charge in [-0.3, -0.25) is 4.98 Å². The largest absolute Gasteiger partial charge is 0.464 e. The normalized spacial score (nSPS) is 12.2. The predicted octanol–water partition coefficient (Wildman–Crippen LogP) is 6.45. The highest BCUT2D eigenvalue weighted by atomic mass is 32.1. The van der Waals surface area contributed by atoms with E-state index in [-0.39, 0.29) is 0 Å². The summed E-state index contributed by atoms with van der Waals surface area (Å²) in [4.78, 5) is 4.81. The van der Waals surface area contributed by atoms with E-state index in [0.29, 0.717) is 0 Å². The van der Waals surface area contributed by atoms with Gasteiger partial charge in [0.25, 0.3) is 0 Å². The third-order valence-electron chi connectivity index (χ3n) is 4.76. The average Bonchev–Trinajstić information content (AvgIpc) is 3.28. The van der Waals surface area contributed by atoms with Crippen molar-refractivity contribution in [2.24, 2.45) is 0 Å². The fraction of sp³-hybridized carbons (Fsp3) is 0. The molecule has 3 heterocycles. The Bertz CT molecular complexity index is 1340. The van der Waals surface area contributed by atoms with Crippen LogP contribution in [0, 0.1) is 0 Å². The molecule has 112 valence electrons. The average molecular weight is 325 g/mol. The molecule has 6 rings (SSSR count). The number of furan rings is 1.